The molecule has 3 heteroatoms. The molecule has 2 rings (SSSR count). The van der Waals surface area contributed by atoms with E-state index in [0.717, 1.165) is 32.0 Å². The van der Waals surface area contributed by atoms with Gasteiger partial charge in [-0.05, 0) is 31.6 Å². The van der Waals surface area contributed by atoms with Gasteiger partial charge >= 0.3 is 0 Å². The lowest BCUT2D eigenvalue weighted by Crippen LogP contribution is -2.38. The zero-order chi connectivity index (χ0) is 9.97. The predicted molar refractivity (Wildman–Crippen MR) is 55.2 cm³/mol. The van der Waals surface area contributed by atoms with Crippen molar-refractivity contribution in [3.63, 3.8) is 0 Å². The highest BCUT2D eigenvalue weighted by Gasteiger charge is 2.27. The minimum atomic E-state index is -0.142. The van der Waals surface area contributed by atoms with Gasteiger partial charge in [0.2, 0.25) is 0 Å². The Morgan fingerprint density at radius 2 is 2.21 bits per heavy atom. The van der Waals surface area contributed by atoms with Gasteiger partial charge in [0.1, 0.15) is 0 Å². The van der Waals surface area contributed by atoms with Gasteiger partial charge < -0.3 is 15.2 Å². The van der Waals surface area contributed by atoms with Gasteiger partial charge in [-0.2, -0.15) is 0 Å². The third kappa shape index (κ3) is 2.94. The number of hydrogen-bond acceptors (Lipinski definition) is 3. The van der Waals surface area contributed by atoms with Gasteiger partial charge in [-0.3, -0.25) is 0 Å². The lowest BCUT2D eigenvalue weighted by atomic mass is 9.95. The second-order valence-electron chi connectivity index (χ2n) is 4.75. The van der Waals surface area contributed by atoms with Gasteiger partial charge in [0.25, 0.3) is 0 Å². The Bertz CT molecular complexity index is 182. The van der Waals surface area contributed by atoms with E-state index < -0.39 is 0 Å². The average molecular weight is 199 g/mol. The minimum Gasteiger partial charge on any atom is -0.393 e. The van der Waals surface area contributed by atoms with Gasteiger partial charge in [0, 0.05) is 19.2 Å². The van der Waals surface area contributed by atoms with Crippen LogP contribution in [0, 0.1) is 5.92 Å². The Morgan fingerprint density at radius 1 is 1.43 bits per heavy atom. The van der Waals surface area contributed by atoms with E-state index in [1.165, 1.54) is 12.8 Å². The molecule has 2 fully saturated rings. The highest BCUT2D eigenvalue weighted by Crippen LogP contribution is 2.22. The maximum absolute atomic E-state index is 9.52. The van der Waals surface area contributed by atoms with Crippen LogP contribution >= 0.6 is 0 Å². The first-order valence-corrected chi connectivity index (χ1v) is 5.78. The molecule has 14 heavy (non-hydrogen) atoms. The van der Waals surface area contributed by atoms with Crippen LogP contribution in [0.5, 0.6) is 0 Å². The lowest BCUT2D eigenvalue weighted by Gasteiger charge is -2.31. The number of aliphatic hydroxyl groups excluding tert-OH is 1. The molecule has 0 aromatic heterocycles. The molecule has 0 spiro atoms. The summed E-state index contributed by atoms with van der Waals surface area (Å²) in [5, 5.41) is 13.0. The van der Waals surface area contributed by atoms with Gasteiger partial charge in [-0.25, -0.2) is 0 Å². The van der Waals surface area contributed by atoms with Crippen LogP contribution in [0.3, 0.4) is 0 Å². The molecular formula is C11H21NO2. The number of nitrogens with one attached hydrogen (secondary N) is 1. The molecule has 2 N–H and O–H groups in total. The summed E-state index contributed by atoms with van der Waals surface area (Å²) in [5.41, 5.74) is 0. The van der Waals surface area contributed by atoms with Crippen LogP contribution in [0.2, 0.25) is 0 Å². The van der Waals surface area contributed by atoms with Crippen LogP contribution in [-0.2, 0) is 4.74 Å². The Morgan fingerprint density at radius 3 is 2.86 bits per heavy atom. The Hall–Kier alpha value is -0.120. The third-order valence-electron chi connectivity index (χ3n) is 3.23. The molecule has 1 saturated heterocycles. The molecule has 1 aliphatic heterocycles. The van der Waals surface area contributed by atoms with Gasteiger partial charge in [-0.1, -0.05) is 6.92 Å². The molecule has 0 aromatic rings. The smallest absolute Gasteiger partial charge is 0.0637 e. The summed E-state index contributed by atoms with van der Waals surface area (Å²) in [4.78, 5) is 0. The van der Waals surface area contributed by atoms with E-state index in [4.69, 9.17) is 4.74 Å². The molecular weight excluding hydrogens is 178 g/mol. The van der Waals surface area contributed by atoms with Crippen LogP contribution in [0.4, 0.5) is 0 Å². The second-order valence-corrected chi connectivity index (χ2v) is 4.75. The molecule has 0 amide bonds. The van der Waals surface area contributed by atoms with Crippen molar-refractivity contribution >= 4 is 0 Å². The maximum atomic E-state index is 9.52. The summed E-state index contributed by atoms with van der Waals surface area (Å²) in [5.74, 6) is 0.519. The van der Waals surface area contributed by atoms with Gasteiger partial charge in [-0.15, -0.1) is 0 Å². The molecule has 2 aliphatic rings. The largest absolute Gasteiger partial charge is 0.393 e. The topological polar surface area (TPSA) is 41.5 Å². The molecule has 0 aromatic carbocycles. The molecule has 1 heterocycles. The normalized spacial score (nSPS) is 35.6. The maximum Gasteiger partial charge on any atom is 0.0637 e. The summed E-state index contributed by atoms with van der Waals surface area (Å²) in [6, 6.07) is 0.769. The average Bonchev–Trinajstić information content (AvgIpc) is 2.97. The van der Waals surface area contributed by atoms with E-state index in [0.29, 0.717) is 5.92 Å². The highest BCUT2D eigenvalue weighted by molar-refractivity contribution is 4.83. The number of aliphatic hydroxyl groups is 1. The fourth-order valence-corrected chi connectivity index (χ4v) is 1.98. The molecule has 82 valence electrons. The first-order valence-electron chi connectivity index (χ1n) is 5.78. The van der Waals surface area contributed by atoms with Crippen molar-refractivity contribution in [2.24, 2.45) is 5.92 Å². The van der Waals surface area contributed by atoms with Crippen molar-refractivity contribution in [1.29, 1.82) is 0 Å². The fraction of sp³-hybridized carbons (Fsp3) is 1.00. The summed E-state index contributed by atoms with van der Waals surface area (Å²) >= 11 is 0. The van der Waals surface area contributed by atoms with Crippen molar-refractivity contribution < 1.29 is 9.84 Å². The highest BCUT2D eigenvalue weighted by atomic mass is 16.5. The first-order chi connectivity index (χ1) is 6.75. The zero-order valence-electron chi connectivity index (χ0n) is 8.91. The van der Waals surface area contributed by atoms with Crippen LogP contribution in [0.1, 0.15) is 32.6 Å². The SMILES string of the molecule is CC(CNC1CC1)C1CC(O)CCO1. The van der Waals surface area contributed by atoms with E-state index in [9.17, 15) is 5.11 Å². The van der Waals surface area contributed by atoms with E-state index >= 15 is 0 Å². The number of ether oxygens (including phenoxy) is 1. The molecule has 0 radical (unpaired) electrons. The predicted octanol–water partition coefficient (Wildman–Crippen LogP) is 0.914. The fourth-order valence-electron chi connectivity index (χ4n) is 1.98. The quantitative estimate of drug-likeness (QED) is 0.707. The Labute approximate surface area is 85.8 Å². The molecule has 3 atom stereocenters. The standard InChI is InChI=1S/C11H21NO2/c1-8(7-12-9-2-3-9)11-6-10(13)4-5-14-11/h8-13H,2-7H2,1H3. The van der Waals surface area contributed by atoms with Crippen LogP contribution in [0.15, 0.2) is 0 Å². The van der Waals surface area contributed by atoms with Crippen molar-refractivity contribution in [2.45, 2.75) is 50.9 Å². The van der Waals surface area contributed by atoms with E-state index in [1.807, 2.05) is 0 Å². The summed E-state index contributed by atoms with van der Waals surface area (Å²) < 4.78 is 5.66. The molecule has 3 nitrogen and oxygen atoms in total. The first kappa shape index (κ1) is 10.4. The van der Waals surface area contributed by atoms with Gasteiger partial charge in [0.05, 0.1) is 12.2 Å². The molecule has 3 unspecified atom stereocenters. The molecule has 0 bridgehead atoms. The van der Waals surface area contributed by atoms with Crippen molar-refractivity contribution in [2.75, 3.05) is 13.2 Å². The Balaban J connectivity index is 1.68. The van der Waals surface area contributed by atoms with E-state index in [1.54, 1.807) is 0 Å². The number of rotatable bonds is 4. The minimum absolute atomic E-state index is 0.142. The van der Waals surface area contributed by atoms with E-state index in [2.05, 4.69) is 12.2 Å². The van der Waals surface area contributed by atoms with Gasteiger partial charge in [0.15, 0.2) is 0 Å². The van der Waals surface area contributed by atoms with Crippen molar-refractivity contribution in [3.05, 3.63) is 0 Å². The van der Waals surface area contributed by atoms with Crippen LogP contribution < -0.4 is 5.32 Å². The van der Waals surface area contributed by atoms with Crippen LogP contribution in [-0.4, -0.2) is 36.5 Å². The van der Waals surface area contributed by atoms with Crippen molar-refractivity contribution in [1.82, 2.24) is 5.32 Å². The Kier molecular flexibility index (Phi) is 3.42. The van der Waals surface area contributed by atoms with Crippen LogP contribution in [0.25, 0.3) is 0 Å². The third-order valence-corrected chi connectivity index (χ3v) is 3.23. The zero-order valence-corrected chi connectivity index (χ0v) is 8.91. The monoisotopic (exact) mass is 199 g/mol. The summed E-state index contributed by atoms with van der Waals surface area (Å²) in [6.45, 7) is 3.96. The summed E-state index contributed by atoms with van der Waals surface area (Å²) in [6.07, 6.45) is 4.40. The molecule has 1 aliphatic carbocycles. The van der Waals surface area contributed by atoms with Crippen molar-refractivity contribution in [3.8, 4) is 0 Å². The van der Waals surface area contributed by atoms with E-state index in [-0.39, 0.29) is 12.2 Å². The molecule has 1 saturated carbocycles. The number of hydrogen-bond donors (Lipinski definition) is 2. The summed E-state index contributed by atoms with van der Waals surface area (Å²) in [7, 11) is 0. The lowest BCUT2D eigenvalue weighted by molar-refractivity contribution is -0.0655. The second kappa shape index (κ2) is 4.60.